The topological polar surface area (TPSA) is 88.0 Å². The molecule has 7 heteroatoms. The molecule has 0 radical (unpaired) electrons. The molecule has 3 aromatic rings. The maximum Gasteiger partial charge on any atom is 0.262 e. The van der Waals surface area contributed by atoms with Gasteiger partial charge < -0.3 is 5.32 Å². The van der Waals surface area contributed by atoms with E-state index in [1.807, 2.05) is 19.9 Å². The molecule has 0 saturated carbocycles. The van der Waals surface area contributed by atoms with E-state index in [4.69, 9.17) is 0 Å². The smallest absolute Gasteiger partial charge is 0.262 e. The molecular formula is C12H12N6O. The van der Waals surface area contributed by atoms with Crippen LogP contribution in [0.2, 0.25) is 0 Å². The Bertz CT molecular complexity index is 743. The van der Waals surface area contributed by atoms with E-state index in [1.165, 1.54) is 6.20 Å². The molecule has 3 rings (SSSR count). The van der Waals surface area contributed by atoms with Crippen molar-refractivity contribution < 1.29 is 4.79 Å². The number of fused-ring (bicyclic) bond motifs is 1. The fraction of sp³-hybridized carbons (Fsp3) is 0.167. The van der Waals surface area contributed by atoms with E-state index in [9.17, 15) is 4.79 Å². The molecule has 3 heterocycles. The van der Waals surface area contributed by atoms with E-state index in [0.717, 1.165) is 11.4 Å². The van der Waals surface area contributed by atoms with Crippen LogP contribution in [0.15, 0.2) is 24.5 Å². The molecular weight excluding hydrogens is 244 g/mol. The third-order valence-electron chi connectivity index (χ3n) is 2.77. The van der Waals surface area contributed by atoms with Gasteiger partial charge in [0.05, 0.1) is 12.4 Å². The second kappa shape index (κ2) is 4.20. The fourth-order valence-electron chi connectivity index (χ4n) is 1.95. The SMILES string of the molecule is Cc1cc(C)n2ncc(C(=O)Nc3ccn[nH]3)c2n1. The van der Waals surface area contributed by atoms with Gasteiger partial charge in [0.1, 0.15) is 11.4 Å². The van der Waals surface area contributed by atoms with Gasteiger partial charge in [0, 0.05) is 17.5 Å². The molecule has 3 aromatic heterocycles. The van der Waals surface area contributed by atoms with Crippen molar-refractivity contribution in [2.24, 2.45) is 0 Å². The fourth-order valence-corrected chi connectivity index (χ4v) is 1.95. The van der Waals surface area contributed by atoms with Gasteiger partial charge in [-0.3, -0.25) is 9.89 Å². The van der Waals surface area contributed by atoms with Gasteiger partial charge in [-0.05, 0) is 19.9 Å². The Morgan fingerprint density at radius 1 is 1.42 bits per heavy atom. The second-order valence-electron chi connectivity index (χ2n) is 4.26. The van der Waals surface area contributed by atoms with Crippen molar-refractivity contribution in [3.05, 3.63) is 41.5 Å². The Balaban J connectivity index is 2.03. The predicted octanol–water partition coefficient (Wildman–Crippen LogP) is 1.32. The van der Waals surface area contributed by atoms with Gasteiger partial charge >= 0.3 is 0 Å². The van der Waals surface area contributed by atoms with Crippen molar-refractivity contribution >= 4 is 17.4 Å². The first-order valence-corrected chi connectivity index (χ1v) is 5.78. The van der Waals surface area contributed by atoms with Crippen LogP contribution in [-0.4, -0.2) is 30.7 Å². The van der Waals surface area contributed by atoms with Crippen molar-refractivity contribution in [1.29, 1.82) is 0 Å². The summed E-state index contributed by atoms with van der Waals surface area (Å²) in [5, 5.41) is 13.3. The van der Waals surface area contributed by atoms with Gasteiger partial charge in [-0.15, -0.1) is 0 Å². The number of anilines is 1. The number of hydrogen-bond donors (Lipinski definition) is 2. The van der Waals surface area contributed by atoms with Gasteiger partial charge in [-0.1, -0.05) is 0 Å². The average Bonchev–Trinajstić information content (AvgIpc) is 2.97. The van der Waals surface area contributed by atoms with Crippen molar-refractivity contribution in [2.45, 2.75) is 13.8 Å². The van der Waals surface area contributed by atoms with Crippen LogP contribution in [0.3, 0.4) is 0 Å². The largest absolute Gasteiger partial charge is 0.307 e. The molecule has 0 aliphatic heterocycles. The third kappa shape index (κ3) is 1.95. The number of amides is 1. The number of nitrogens with zero attached hydrogens (tertiary/aromatic N) is 4. The Kier molecular flexibility index (Phi) is 2.52. The number of hydrogen-bond acceptors (Lipinski definition) is 4. The zero-order valence-electron chi connectivity index (χ0n) is 10.5. The lowest BCUT2D eigenvalue weighted by atomic mass is 10.3. The third-order valence-corrected chi connectivity index (χ3v) is 2.77. The van der Waals surface area contributed by atoms with Crippen molar-refractivity contribution in [3.63, 3.8) is 0 Å². The van der Waals surface area contributed by atoms with Gasteiger partial charge in [0.2, 0.25) is 0 Å². The summed E-state index contributed by atoms with van der Waals surface area (Å²) in [6, 6.07) is 3.59. The Morgan fingerprint density at radius 2 is 2.26 bits per heavy atom. The summed E-state index contributed by atoms with van der Waals surface area (Å²) in [6.07, 6.45) is 3.08. The van der Waals surface area contributed by atoms with Crippen LogP contribution in [0, 0.1) is 13.8 Å². The van der Waals surface area contributed by atoms with E-state index in [-0.39, 0.29) is 5.91 Å². The lowest BCUT2D eigenvalue weighted by Crippen LogP contribution is -2.12. The number of H-pyrrole nitrogens is 1. The van der Waals surface area contributed by atoms with Crippen LogP contribution in [0.4, 0.5) is 5.82 Å². The maximum absolute atomic E-state index is 12.2. The standard InChI is InChI=1S/C12H12N6O/c1-7-5-8(2)18-11(15-7)9(6-14-18)12(19)16-10-3-4-13-17-10/h3-6H,1-2H3,(H2,13,16,17,19). The molecule has 0 unspecified atom stereocenters. The molecule has 0 aliphatic rings. The Hall–Kier alpha value is -2.70. The molecule has 0 bridgehead atoms. The predicted molar refractivity (Wildman–Crippen MR) is 69.0 cm³/mol. The first-order chi connectivity index (χ1) is 9.15. The van der Waals surface area contributed by atoms with Crippen LogP contribution in [0.1, 0.15) is 21.7 Å². The zero-order chi connectivity index (χ0) is 13.4. The van der Waals surface area contributed by atoms with Crippen molar-refractivity contribution in [3.8, 4) is 0 Å². The second-order valence-corrected chi connectivity index (χ2v) is 4.26. The summed E-state index contributed by atoms with van der Waals surface area (Å²) in [5.74, 6) is 0.269. The highest BCUT2D eigenvalue weighted by Gasteiger charge is 2.15. The highest BCUT2D eigenvalue weighted by Crippen LogP contribution is 2.13. The molecule has 0 fully saturated rings. The molecule has 0 saturated heterocycles. The number of aromatic nitrogens is 5. The monoisotopic (exact) mass is 256 g/mol. The Morgan fingerprint density at radius 3 is 3.00 bits per heavy atom. The highest BCUT2D eigenvalue weighted by molar-refractivity contribution is 6.07. The van der Waals surface area contributed by atoms with Crippen molar-refractivity contribution in [2.75, 3.05) is 5.32 Å². The van der Waals surface area contributed by atoms with E-state index < -0.39 is 0 Å². The summed E-state index contributed by atoms with van der Waals surface area (Å²) in [5.41, 5.74) is 2.76. The number of aryl methyl sites for hydroxylation is 2. The average molecular weight is 256 g/mol. The van der Waals surface area contributed by atoms with Crippen LogP contribution in [0.5, 0.6) is 0 Å². The van der Waals surface area contributed by atoms with E-state index in [1.54, 1.807) is 16.8 Å². The maximum atomic E-state index is 12.2. The number of carbonyl (C=O) groups excluding carboxylic acids is 1. The zero-order valence-corrected chi connectivity index (χ0v) is 10.5. The quantitative estimate of drug-likeness (QED) is 0.723. The lowest BCUT2D eigenvalue weighted by Gasteiger charge is -2.03. The molecule has 0 aliphatic carbocycles. The van der Waals surface area contributed by atoms with Gasteiger partial charge in [0.15, 0.2) is 5.65 Å². The van der Waals surface area contributed by atoms with E-state index in [0.29, 0.717) is 17.0 Å². The summed E-state index contributed by atoms with van der Waals surface area (Å²) >= 11 is 0. The molecule has 0 spiro atoms. The molecule has 0 aromatic carbocycles. The van der Waals surface area contributed by atoms with Gasteiger partial charge in [-0.25, -0.2) is 9.50 Å². The first kappa shape index (κ1) is 11.4. The minimum Gasteiger partial charge on any atom is -0.307 e. The minimum absolute atomic E-state index is 0.267. The number of rotatable bonds is 2. The molecule has 2 N–H and O–H groups in total. The van der Waals surface area contributed by atoms with Crippen LogP contribution < -0.4 is 5.32 Å². The number of nitrogens with one attached hydrogen (secondary N) is 2. The summed E-state index contributed by atoms with van der Waals surface area (Å²) in [4.78, 5) is 16.5. The summed E-state index contributed by atoms with van der Waals surface area (Å²) in [6.45, 7) is 3.81. The first-order valence-electron chi connectivity index (χ1n) is 5.78. The van der Waals surface area contributed by atoms with Crippen LogP contribution in [-0.2, 0) is 0 Å². The highest BCUT2D eigenvalue weighted by atomic mass is 16.1. The molecule has 19 heavy (non-hydrogen) atoms. The van der Waals surface area contributed by atoms with Crippen molar-refractivity contribution in [1.82, 2.24) is 24.8 Å². The summed E-state index contributed by atoms with van der Waals surface area (Å²) in [7, 11) is 0. The minimum atomic E-state index is -0.267. The number of carbonyl (C=O) groups is 1. The van der Waals surface area contributed by atoms with E-state index in [2.05, 4.69) is 25.6 Å². The normalized spacial score (nSPS) is 10.8. The molecule has 1 amide bonds. The van der Waals surface area contributed by atoms with E-state index >= 15 is 0 Å². The van der Waals surface area contributed by atoms with Crippen LogP contribution in [0.25, 0.3) is 5.65 Å². The van der Waals surface area contributed by atoms with Gasteiger partial charge in [0.25, 0.3) is 5.91 Å². The van der Waals surface area contributed by atoms with Gasteiger partial charge in [-0.2, -0.15) is 10.2 Å². The number of aromatic amines is 1. The summed E-state index contributed by atoms with van der Waals surface area (Å²) < 4.78 is 1.65. The lowest BCUT2D eigenvalue weighted by molar-refractivity contribution is 0.102. The molecule has 0 atom stereocenters. The van der Waals surface area contributed by atoms with Crippen LogP contribution >= 0.6 is 0 Å². The molecule has 96 valence electrons. The Labute approximate surface area is 108 Å². The molecule has 7 nitrogen and oxygen atoms in total.